The highest BCUT2D eigenvalue weighted by atomic mass is 32.2. The van der Waals surface area contributed by atoms with Crippen LogP contribution in [0.5, 0.6) is 0 Å². The molecule has 0 fully saturated rings. The highest BCUT2D eigenvalue weighted by molar-refractivity contribution is 7.89. The molecule has 0 spiro atoms. The number of sulfonamides is 1. The summed E-state index contributed by atoms with van der Waals surface area (Å²) in [6.07, 6.45) is 5.09. The van der Waals surface area contributed by atoms with E-state index in [-0.39, 0.29) is 10.9 Å². The lowest BCUT2D eigenvalue weighted by molar-refractivity contribution is 0.512. The van der Waals surface area contributed by atoms with Crippen molar-refractivity contribution in [2.45, 2.75) is 57.4 Å². The van der Waals surface area contributed by atoms with Gasteiger partial charge in [0.05, 0.1) is 0 Å². The molecule has 0 aromatic carbocycles. The van der Waals surface area contributed by atoms with Gasteiger partial charge in [0.15, 0.2) is 0 Å². The average molecular weight is 299 g/mol. The van der Waals surface area contributed by atoms with E-state index in [1.807, 2.05) is 13.8 Å². The summed E-state index contributed by atoms with van der Waals surface area (Å²) < 4.78 is 27.7. The third-order valence-corrected chi connectivity index (χ3v) is 4.61. The number of rotatable bonds is 9. The molecule has 0 aliphatic rings. The van der Waals surface area contributed by atoms with Crippen LogP contribution in [0.2, 0.25) is 0 Å². The molecule has 1 aromatic rings. The van der Waals surface area contributed by atoms with E-state index in [2.05, 4.69) is 21.9 Å². The molecule has 1 heterocycles. The molecule has 1 unspecified atom stereocenters. The average Bonchev–Trinajstić information content (AvgIpc) is 2.44. The number of hydrogen-bond donors (Lipinski definition) is 2. The number of pyridine rings is 1. The maximum absolute atomic E-state index is 12.5. The molecule has 0 bridgehead atoms. The molecular weight excluding hydrogens is 274 g/mol. The summed E-state index contributed by atoms with van der Waals surface area (Å²) in [6, 6.07) is 3.21. The van der Waals surface area contributed by atoms with Crippen molar-refractivity contribution < 1.29 is 8.42 Å². The van der Waals surface area contributed by atoms with Gasteiger partial charge in [0.1, 0.15) is 10.7 Å². The fraction of sp³-hybridized carbons (Fsp3) is 0.643. The van der Waals surface area contributed by atoms with Crippen molar-refractivity contribution in [1.29, 1.82) is 0 Å². The van der Waals surface area contributed by atoms with Crippen LogP contribution in [0.1, 0.15) is 46.5 Å². The van der Waals surface area contributed by atoms with Gasteiger partial charge in [-0.15, -0.1) is 0 Å². The predicted octanol–water partition coefficient (Wildman–Crippen LogP) is 2.76. The highest BCUT2D eigenvalue weighted by Crippen LogP contribution is 2.19. The summed E-state index contributed by atoms with van der Waals surface area (Å²) >= 11 is 0. The molecule has 1 aromatic heterocycles. The summed E-state index contributed by atoms with van der Waals surface area (Å²) in [5, 5.41) is 3.06. The van der Waals surface area contributed by atoms with Crippen molar-refractivity contribution in [3.8, 4) is 0 Å². The zero-order chi connectivity index (χ0) is 15.0. The Morgan fingerprint density at radius 1 is 1.25 bits per heavy atom. The molecule has 5 nitrogen and oxygen atoms in total. The quantitative estimate of drug-likeness (QED) is 0.735. The molecule has 0 radical (unpaired) electrons. The van der Waals surface area contributed by atoms with Crippen molar-refractivity contribution in [2.75, 3.05) is 11.9 Å². The molecule has 0 aliphatic carbocycles. The molecule has 20 heavy (non-hydrogen) atoms. The number of aromatic nitrogens is 1. The Hall–Kier alpha value is -1.14. The van der Waals surface area contributed by atoms with Crippen LogP contribution in [0.3, 0.4) is 0 Å². The van der Waals surface area contributed by atoms with Crippen LogP contribution in [-0.4, -0.2) is 26.0 Å². The third-order valence-electron chi connectivity index (χ3n) is 3.05. The van der Waals surface area contributed by atoms with Crippen molar-refractivity contribution in [1.82, 2.24) is 9.71 Å². The van der Waals surface area contributed by atoms with E-state index in [0.717, 1.165) is 25.7 Å². The van der Waals surface area contributed by atoms with Crippen LogP contribution in [-0.2, 0) is 10.0 Å². The van der Waals surface area contributed by atoms with Crippen LogP contribution in [0.4, 0.5) is 5.82 Å². The molecule has 114 valence electrons. The van der Waals surface area contributed by atoms with Crippen molar-refractivity contribution in [3.05, 3.63) is 18.3 Å². The van der Waals surface area contributed by atoms with E-state index in [4.69, 9.17) is 0 Å². The second kappa shape index (κ2) is 8.21. The van der Waals surface area contributed by atoms with E-state index in [1.165, 1.54) is 0 Å². The molecule has 6 heteroatoms. The topological polar surface area (TPSA) is 71.1 Å². The number of anilines is 1. The number of nitrogens with one attached hydrogen (secondary N) is 2. The fourth-order valence-electron chi connectivity index (χ4n) is 1.96. The van der Waals surface area contributed by atoms with Gasteiger partial charge in [-0.2, -0.15) is 0 Å². The first-order valence-electron chi connectivity index (χ1n) is 7.26. The van der Waals surface area contributed by atoms with Crippen LogP contribution < -0.4 is 10.0 Å². The van der Waals surface area contributed by atoms with Crippen LogP contribution in [0.15, 0.2) is 23.2 Å². The van der Waals surface area contributed by atoms with Crippen molar-refractivity contribution in [2.24, 2.45) is 0 Å². The maximum Gasteiger partial charge on any atom is 0.244 e. The van der Waals surface area contributed by atoms with Gasteiger partial charge < -0.3 is 5.32 Å². The first kappa shape index (κ1) is 16.9. The highest BCUT2D eigenvalue weighted by Gasteiger charge is 2.22. The molecule has 0 amide bonds. The second-order valence-corrected chi connectivity index (χ2v) is 6.47. The minimum Gasteiger partial charge on any atom is -0.369 e. The lowest BCUT2D eigenvalue weighted by Gasteiger charge is -2.17. The summed E-state index contributed by atoms with van der Waals surface area (Å²) in [5.74, 6) is 0.424. The first-order chi connectivity index (χ1) is 9.55. The van der Waals surface area contributed by atoms with Gasteiger partial charge in [0, 0.05) is 18.8 Å². The predicted molar refractivity (Wildman–Crippen MR) is 82.3 cm³/mol. The van der Waals surface area contributed by atoms with Crippen molar-refractivity contribution >= 4 is 15.8 Å². The Balaban J connectivity index is 2.96. The maximum atomic E-state index is 12.5. The van der Waals surface area contributed by atoms with E-state index >= 15 is 0 Å². The van der Waals surface area contributed by atoms with E-state index < -0.39 is 10.0 Å². The zero-order valence-electron chi connectivity index (χ0n) is 12.5. The summed E-state index contributed by atoms with van der Waals surface area (Å²) in [4.78, 5) is 4.36. The smallest absolute Gasteiger partial charge is 0.244 e. The Bertz CT molecular complexity index is 503. The molecule has 0 saturated heterocycles. The van der Waals surface area contributed by atoms with Gasteiger partial charge in [-0.25, -0.2) is 18.1 Å². The summed E-state index contributed by atoms with van der Waals surface area (Å²) in [6.45, 7) is 6.76. The standard InChI is InChI=1S/C14H25N3O2S/c1-4-8-12(6-3)17-20(18,19)13-9-7-11-16-14(13)15-10-5-2/h7,9,11-12,17H,4-6,8,10H2,1-3H3,(H,15,16). The van der Waals surface area contributed by atoms with Crippen molar-refractivity contribution in [3.63, 3.8) is 0 Å². The number of nitrogens with zero attached hydrogens (tertiary/aromatic N) is 1. The van der Waals surface area contributed by atoms with E-state index in [1.54, 1.807) is 18.3 Å². The van der Waals surface area contributed by atoms with Gasteiger partial charge in [-0.3, -0.25) is 0 Å². The SMILES string of the molecule is CCCNc1ncccc1S(=O)(=O)NC(CC)CCC. The minimum absolute atomic E-state index is 0.0239. The van der Waals surface area contributed by atoms with Gasteiger partial charge in [0.2, 0.25) is 10.0 Å². The largest absolute Gasteiger partial charge is 0.369 e. The molecule has 0 saturated carbocycles. The van der Waals surface area contributed by atoms with E-state index in [9.17, 15) is 8.42 Å². The van der Waals surface area contributed by atoms with Crippen LogP contribution >= 0.6 is 0 Å². The van der Waals surface area contributed by atoms with Gasteiger partial charge in [-0.1, -0.05) is 27.2 Å². The Morgan fingerprint density at radius 3 is 2.60 bits per heavy atom. The lowest BCUT2D eigenvalue weighted by Crippen LogP contribution is -2.34. The van der Waals surface area contributed by atoms with Gasteiger partial charge >= 0.3 is 0 Å². The molecule has 0 aliphatic heterocycles. The monoisotopic (exact) mass is 299 g/mol. The van der Waals surface area contributed by atoms with Gasteiger partial charge in [0.25, 0.3) is 0 Å². The van der Waals surface area contributed by atoms with Gasteiger partial charge in [-0.05, 0) is 31.4 Å². The lowest BCUT2D eigenvalue weighted by atomic mass is 10.1. The summed E-state index contributed by atoms with van der Waals surface area (Å²) in [7, 11) is -3.53. The van der Waals surface area contributed by atoms with Crippen LogP contribution in [0, 0.1) is 0 Å². The normalized spacial score (nSPS) is 13.2. The summed E-state index contributed by atoms with van der Waals surface area (Å²) in [5.41, 5.74) is 0. The van der Waals surface area contributed by atoms with Crippen LogP contribution in [0.25, 0.3) is 0 Å². The second-order valence-electron chi connectivity index (χ2n) is 4.79. The Morgan fingerprint density at radius 2 is 2.00 bits per heavy atom. The Labute approximate surface area is 122 Å². The number of hydrogen-bond acceptors (Lipinski definition) is 4. The Kier molecular flexibility index (Phi) is 6.95. The fourth-order valence-corrected chi connectivity index (χ4v) is 3.45. The molecule has 1 atom stereocenters. The minimum atomic E-state index is -3.53. The first-order valence-corrected chi connectivity index (χ1v) is 8.74. The molecule has 2 N–H and O–H groups in total. The zero-order valence-corrected chi connectivity index (χ0v) is 13.3. The van der Waals surface area contributed by atoms with E-state index in [0.29, 0.717) is 12.4 Å². The molecule has 1 rings (SSSR count). The third kappa shape index (κ3) is 4.76. The molecular formula is C14H25N3O2S.